The number of benzene rings is 1. The van der Waals surface area contributed by atoms with Gasteiger partial charge in [-0.25, -0.2) is 0 Å². The van der Waals surface area contributed by atoms with Crippen LogP contribution < -0.4 is 4.74 Å². The van der Waals surface area contributed by atoms with Crippen LogP contribution in [0.15, 0.2) is 48.8 Å². The highest BCUT2D eigenvalue weighted by molar-refractivity contribution is 5.89. The predicted octanol–water partition coefficient (Wildman–Crippen LogP) is 4.90. The fraction of sp³-hybridized carbons (Fsp3) is 0.238. The second-order valence-corrected chi connectivity index (χ2v) is 7.07. The third-order valence-electron chi connectivity index (χ3n) is 5.21. The zero-order valence-electron chi connectivity index (χ0n) is 14.0. The Kier molecular flexibility index (Phi) is 2.54. The molecule has 0 saturated heterocycles. The molecule has 1 aromatic carbocycles. The summed E-state index contributed by atoms with van der Waals surface area (Å²) in [7, 11) is 0. The highest BCUT2D eigenvalue weighted by atomic mass is 16.5. The SMILES string of the molecule is CC1c2cccnc2-c2ccc3c(c21)-c1cccnc1C(C)(C)O3. The van der Waals surface area contributed by atoms with Crippen LogP contribution in [0.2, 0.25) is 0 Å². The molecular formula is C21H18N2O. The van der Waals surface area contributed by atoms with Gasteiger partial charge in [0.15, 0.2) is 0 Å². The van der Waals surface area contributed by atoms with Crippen molar-refractivity contribution in [3.05, 3.63) is 65.6 Å². The van der Waals surface area contributed by atoms with Gasteiger partial charge in [-0.15, -0.1) is 0 Å². The molecule has 3 nitrogen and oxygen atoms in total. The van der Waals surface area contributed by atoms with Crippen LogP contribution in [0.4, 0.5) is 0 Å². The fourth-order valence-electron chi connectivity index (χ4n) is 4.18. The zero-order valence-corrected chi connectivity index (χ0v) is 14.0. The summed E-state index contributed by atoms with van der Waals surface area (Å²) in [4.78, 5) is 9.26. The van der Waals surface area contributed by atoms with E-state index in [9.17, 15) is 0 Å². The first-order valence-corrected chi connectivity index (χ1v) is 8.35. The minimum absolute atomic E-state index is 0.302. The summed E-state index contributed by atoms with van der Waals surface area (Å²) in [5.41, 5.74) is 7.85. The van der Waals surface area contributed by atoms with E-state index in [4.69, 9.17) is 4.74 Å². The van der Waals surface area contributed by atoms with E-state index in [1.807, 2.05) is 24.5 Å². The van der Waals surface area contributed by atoms with Crippen LogP contribution in [0.25, 0.3) is 22.4 Å². The molecule has 2 aromatic heterocycles. The monoisotopic (exact) mass is 314 g/mol. The van der Waals surface area contributed by atoms with Crippen molar-refractivity contribution in [3.8, 4) is 28.1 Å². The lowest BCUT2D eigenvalue weighted by molar-refractivity contribution is 0.100. The summed E-state index contributed by atoms with van der Waals surface area (Å²) >= 11 is 0. The number of hydrogen-bond donors (Lipinski definition) is 0. The molecule has 3 aromatic rings. The summed E-state index contributed by atoms with van der Waals surface area (Å²) in [6.07, 6.45) is 3.72. The first-order valence-electron chi connectivity index (χ1n) is 8.35. The molecule has 0 radical (unpaired) electrons. The van der Waals surface area contributed by atoms with Crippen LogP contribution in [0.1, 0.15) is 43.5 Å². The van der Waals surface area contributed by atoms with E-state index in [-0.39, 0.29) is 0 Å². The van der Waals surface area contributed by atoms with Crippen LogP contribution >= 0.6 is 0 Å². The number of nitrogens with zero attached hydrogens (tertiary/aromatic N) is 2. The van der Waals surface area contributed by atoms with Crippen molar-refractivity contribution < 1.29 is 4.74 Å². The van der Waals surface area contributed by atoms with Gasteiger partial charge in [0.2, 0.25) is 0 Å². The number of aromatic nitrogens is 2. The van der Waals surface area contributed by atoms with Gasteiger partial charge in [0.1, 0.15) is 11.4 Å². The molecule has 1 aliphatic heterocycles. The van der Waals surface area contributed by atoms with Crippen LogP contribution in [-0.2, 0) is 5.60 Å². The maximum absolute atomic E-state index is 6.34. The van der Waals surface area contributed by atoms with E-state index in [1.54, 1.807) is 0 Å². The minimum atomic E-state index is -0.426. The topological polar surface area (TPSA) is 35.0 Å². The van der Waals surface area contributed by atoms with E-state index in [0.717, 1.165) is 17.1 Å². The zero-order chi connectivity index (χ0) is 16.5. The summed E-state index contributed by atoms with van der Waals surface area (Å²) in [6.45, 7) is 6.41. The Balaban J connectivity index is 1.86. The number of hydrogen-bond acceptors (Lipinski definition) is 3. The third kappa shape index (κ3) is 1.62. The van der Waals surface area contributed by atoms with Crippen LogP contribution in [-0.4, -0.2) is 9.97 Å². The molecule has 0 bridgehead atoms. The van der Waals surface area contributed by atoms with Gasteiger partial charge in [0.05, 0.1) is 11.4 Å². The average Bonchev–Trinajstić information content (AvgIpc) is 2.88. The van der Waals surface area contributed by atoms with Crippen molar-refractivity contribution in [2.45, 2.75) is 32.3 Å². The van der Waals surface area contributed by atoms with E-state index in [1.165, 1.54) is 27.8 Å². The Morgan fingerprint density at radius 3 is 2.62 bits per heavy atom. The first-order chi connectivity index (χ1) is 11.6. The summed E-state index contributed by atoms with van der Waals surface area (Å²) in [6, 6.07) is 12.6. The van der Waals surface area contributed by atoms with Crippen LogP contribution in [0.5, 0.6) is 5.75 Å². The van der Waals surface area contributed by atoms with Crippen molar-refractivity contribution in [2.75, 3.05) is 0 Å². The number of pyridine rings is 2. The van der Waals surface area contributed by atoms with Crippen LogP contribution in [0.3, 0.4) is 0 Å². The minimum Gasteiger partial charge on any atom is -0.481 e. The van der Waals surface area contributed by atoms with Gasteiger partial charge in [-0.1, -0.05) is 19.1 Å². The lowest BCUT2D eigenvalue weighted by atomic mass is 9.84. The molecule has 1 aliphatic carbocycles. The second kappa shape index (κ2) is 4.44. The molecule has 0 spiro atoms. The van der Waals surface area contributed by atoms with E-state index < -0.39 is 5.60 Å². The Morgan fingerprint density at radius 2 is 1.75 bits per heavy atom. The average molecular weight is 314 g/mol. The molecule has 1 atom stereocenters. The Bertz CT molecular complexity index is 991. The van der Waals surface area contributed by atoms with Crippen molar-refractivity contribution in [1.29, 1.82) is 0 Å². The molecule has 0 fully saturated rings. The molecule has 118 valence electrons. The molecular weight excluding hydrogens is 296 g/mol. The summed E-state index contributed by atoms with van der Waals surface area (Å²) in [5, 5.41) is 0. The third-order valence-corrected chi connectivity index (χ3v) is 5.21. The van der Waals surface area contributed by atoms with Crippen molar-refractivity contribution in [3.63, 3.8) is 0 Å². The van der Waals surface area contributed by atoms with E-state index in [2.05, 4.69) is 55.0 Å². The first kappa shape index (κ1) is 13.7. The molecule has 0 saturated carbocycles. The molecule has 0 amide bonds. The maximum atomic E-state index is 6.34. The standard InChI is InChI=1S/C21H18N2O/c1-12-13-6-4-10-22-19(13)14-8-9-16-18(17(12)14)15-7-5-11-23-20(15)21(2,3)24-16/h4-12H,1-3H3. The Labute approximate surface area is 141 Å². The highest BCUT2D eigenvalue weighted by Gasteiger charge is 2.39. The molecule has 3 heteroatoms. The van der Waals surface area contributed by atoms with Crippen molar-refractivity contribution in [2.24, 2.45) is 0 Å². The molecule has 24 heavy (non-hydrogen) atoms. The highest BCUT2D eigenvalue weighted by Crippen LogP contribution is 2.54. The maximum Gasteiger partial charge on any atom is 0.146 e. The van der Waals surface area contributed by atoms with E-state index in [0.29, 0.717) is 5.92 Å². The van der Waals surface area contributed by atoms with Gasteiger partial charge in [-0.05, 0) is 49.2 Å². The molecule has 3 heterocycles. The lowest BCUT2D eigenvalue weighted by Gasteiger charge is -2.35. The Hall–Kier alpha value is -2.68. The lowest BCUT2D eigenvalue weighted by Crippen LogP contribution is -2.31. The van der Waals surface area contributed by atoms with Gasteiger partial charge in [-0.3, -0.25) is 9.97 Å². The van der Waals surface area contributed by atoms with Gasteiger partial charge >= 0.3 is 0 Å². The normalized spacial score (nSPS) is 18.9. The van der Waals surface area contributed by atoms with Crippen molar-refractivity contribution in [1.82, 2.24) is 9.97 Å². The van der Waals surface area contributed by atoms with Gasteiger partial charge in [0.25, 0.3) is 0 Å². The molecule has 5 rings (SSSR count). The molecule has 1 unspecified atom stereocenters. The van der Waals surface area contributed by atoms with Crippen LogP contribution in [0, 0.1) is 0 Å². The second-order valence-electron chi connectivity index (χ2n) is 7.07. The Morgan fingerprint density at radius 1 is 0.958 bits per heavy atom. The van der Waals surface area contributed by atoms with Gasteiger partial charge in [0, 0.05) is 35.0 Å². The van der Waals surface area contributed by atoms with Gasteiger partial charge < -0.3 is 4.74 Å². The number of fused-ring (bicyclic) bond motifs is 7. The molecule has 2 aliphatic rings. The summed E-state index contributed by atoms with van der Waals surface area (Å²) in [5.74, 6) is 1.25. The van der Waals surface area contributed by atoms with E-state index >= 15 is 0 Å². The smallest absolute Gasteiger partial charge is 0.146 e. The molecule has 0 N–H and O–H groups in total. The quantitative estimate of drug-likeness (QED) is 0.592. The van der Waals surface area contributed by atoms with Gasteiger partial charge in [-0.2, -0.15) is 0 Å². The predicted molar refractivity (Wildman–Crippen MR) is 94.1 cm³/mol. The fourth-order valence-corrected chi connectivity index (χ4v) is 4.18. The summed E-state index contributed by atoms with van der Waals surface area (Å²) < 4.78 is 6.34. The van der Waals surface area contributed by atoms with Crippen molar-refractivity contribution >= 4 is 0 Å². The largest absolute Gasteiger partial charge is 0.481 e. The number of rotatable bonds is 0. The number of ether oxygens (including phenoxy) is 1.